The standard InChI is InChI=1S/C27H28Cl2N4O6S/c1-3-25(27(35)30-4-2)31(17-19-10-11-20(28)16-24(19)29)26(34)18-32(21-12-14-22(15-13-21)33(36)37)40(38,39)23-8-6-5-7-9-23/h5-16,25H,3-4,17-18H2,1-2H3,(H,30,35)/t25-/m1/s1. The van der Waals surface area contributed by atoms with Crippen molar-refractivity contribution in [1.29, 1.82) is 0 Å². The average Bonchev–Trinajstić information content (AvgIpc) is 2.93. The molecule has 2 amide bonds. The van der Waals surface area contributed by atoms with Gasteiger partial charge in [-0.15, -0.1) is 0 Å². The van der Waals surface area contributed by atoms with Crippen LogP contribution >= 0.6 is 23.2 Å². The number of nitro benzene ring substituents is 1. The molecule has 0 aromatic heterocycles. The molecule has 3 aromatic rings. The smallest absolute Gasteiger partial charge is 0.269 e. The minimum absolute atomic E-state index is 0.0401. The highest BCUT2D eigenvalue weighted by Crippen LogP contribution is 2.28. The van der Waals surface area contributed by atoms with E-state index >= 15 is 0 Å². The number of benzene rings is 3. The Morgan fingerprint density at radius 3 is 2.20 bits per heavy atom. The number of nitrogens with zero attached hydrogens (tertiary/aromatic N) is 3. The number of halogens is 2. The number of carbonyl (C=O) groups is 2. The number of hydrogen-bond donors (Lipinski definition) is 1. The Morgan fingerprint density at radius 2 is 1.65 bits per heavy atom. The molecule has 0 aliphatic carbocycles. The maximum absolute atomic E-state index is 13.9. The molecule has 1 atom stereocenters. The zero-order valence-electron chi connectivity index (χ0n) is 21.8. The molecule has 212 valence electrons. The normalized spacial score (nSPS) is 11.9. The third-order valence-electron chi connectivity index (χ3n) is 6.05. The van der Waals surface area contributed by atoms with Crippen molar-refractivity contribution in [3.8, 4) is 0 Å². The number of hydrogen-bond acceptors (Lipinski definition) is 6. The Balaban J connectivity index is 2.08. The summed E-state index contributed by atoms with van der Waals surface area (Å²) in [7, 11) is -4.29. The first-order valence-corrected chi connectivity index (χ1v) is 14.5. The summed E-state index contributed by atoms with van der Waals surface area (Å²) in [4.78, 5) is 38.7. The Hall–Kier alpha value is -3.67. The van der Waals surface area contributed by atoms with E-state index in [4.69, 9.17) is 23.2 Å². The number of sulfonamides is 1. The quantitative estimate of drug-likeness (QED) is 0.227. The minimum atomic E-state index is -4.29. The first-order valence-electron chi connectivity index (χ1n) is 12.3. The van der Waals surface area contributed by atoms with Gasteiger partial charge in [-0.05, 0) is 55.3 Å². The summed E-state index contributed by atoms with van der Waals surface area (Å²) < 4.78 is 28.4. The van der Waals surface area contributed by atoms with Gasteiger partial charge in [0, 0.05) is 35.3 Å². The van der Waals surface area contributed by atoms with Gasteiger partial charge in [0.2, 0.25) is 11.8 Å². The summed E-state index contributed by atoms with van der Waals surface area (Å²) in [5.41, 5.74) is 0.307. The van der Waals surface area contributed by atoms with Crippen LogP contribution in [0.5, 0.6) is 0 Å². The second kappa shape index (κ2) is 13.6. The van der Waals surface area contributed by atoms with Crippen molar-refractivity contribution in [2.75, 3.05) is 17.4 Å². The van der Waals surface area contributed by atoms with E-state index in [0.29, 0.717) is 17.1 Å². The Morgan fingerprint density at radius 1 is 1.00 bits per heavy atom. The van der Waals surface area contributed by atoms with Gasteiger partial charge in [0.1, 0.15) is 12.6 Å². The summed E-state index contributed by atoms with van der Waals surface area (Å²) in [6.07, 6.45) is 0.242. The molecule has 0 heterocycles. The number of likely N-dealkylation sites (N-methyl/N-ethyl adjacent to an activating group) is 1. The van der Waals surface area contributed by atoms with E-state index in [1.165, 1.54) is 35.2 Å². The zero-order chi connectivity index (χ0) is 29.4. The summed E-state index contributed by atoms with van der Waals surface area (Å²) in [5, 5.41) is 14.6. The topological polar surface area (TPSA) is 130 Å². The van der Waals surface area contributed by atoms with E-state index < -0.39 is 39.3 Å². The fourth-order valence-corrected chi connectivity index (χ4v) is 5.94. The second-order valence-corrected chi connectivity index (χ2v) is 11.4. The number of rotatable bonds is 12. The van der Waals surface area contributed by atoms with Gasteiger partial charge >= 0.3 is 0 Å². The highest BCUT2D eigenvalue weighted by molar-refractivity contribution is 7.92. The first kappa shape index (κ1) is 30.9. The highest BCUT2D eigenvalue weighted by Gasteiger charge is 2.34. The van der Waals surface area contributed by atoms with E-state index in [-0.39, 0.29) is 34.3 Å². The fourth-order valence-electron chi connectivity index (χ4n) is 4.03. The summed E-state index contributed by atoms with van der Waals surface area (Å²) in [6, 6.07) is 16.1. The van der Waals surface area contributed by atoms with Crippen LogP contribution in [0.25, 0.3) is 0 Å². The first-order chi connectivity index (χ1) is 19.0. The van der Waals surface area contributed by atoms with E-state index in [9.17, 15) is 28.1 Å². The predicted molar refractivity (Wildman–Crippen MR) is 154 cm³/mol. The van der Waals surface area contributed by atoms with Gasteiger partial charge in [0.25, 0.3) is 15.7 Å². The average molecular weight is 608 g/mol. The lowest BCUT2D eigenvalue weighted by atomic mass is 10.1. The molecule has 0 fully saturated rings. The lowest BCUT2D eigenvalue weighted by molar-refractivity contribution is -0.384. The SMILES string of the molecule is CCNC(=O)[C@@H](CC)N(Cc1ccc(Cl)cc1Cl)C(=O)CN(c1ccc([N+](=O)[O-])cc1)S(=O)(=O)c1ccccc1. The van der Waals surface area contributed by atoms with Crippen LogP contribution < -0.4 is 9.62 Å². The van der Waals surface area contributed by atoms with Gasteiger partial charge < -0.3 is 10.2 Å². The van der Waals surface area contributed by atoms with Gasteiger partial charge in [-0.25, -0.2) is 8.42 Å². The third-order valence-corrected chi connectivity index (χ3v) is 8.43. The van der Waals surface area contributed by atoms with Gasteiger partial charge in [0.05, 0.1) is 15.5 Å². The van der Waals surface area contributed by atoms with E-state index in [1.54, 1.807) is 44.2 Å². The van der Waals surface area contributed by atoms with Crippen LogP contribution in [0.4, 0.5) is 11.4 Å². The molecular weight excluding hydrogens is 579 g/mol. The van der Waals surface area contributed by atoms with Gasteiger partial charge in [-0.3, -0.25) is 24.0 Å². The van der Waals surface area contributed by atoms with Crippen LogP contribution in [0, 0.1) is 10.1 Å². The Labute approximate surface area is 242 Å². The molecule has 3 rings (SSSR count). The summed E-state index contributed by atoms with van der Waals surface area (Å²) in [6.45, 7) is 3.03. The van der Waals surface area contributed by atoms with E-state index in [2.05, 4.69) is 5.32 Å². The van der Waals surface area contributed by atoms with Crippen molar-refractivity contribution in [2.45, 2.75) is 37.8 Å². The molecule has 0 saturated carbocycles. The number of non-ortho nitro benzene ring substituents is 1. The largest absolute Gasteiger partial charge is 0.355 e. The molecule has 0 unspecified atom stereocenters. The van der Waals surface area contributed by atoms with Gasteiger partial charge in [-0.1, -0.05) is 54.4 Å². The highest BCUT2D eigenvalue weighted by atomic mass is 35.5. The van der Waals surface area contributed by atoms with Crippen LogP contribution in [0.2, 0.25) is 10.0 Å². The molecule has 0 radical (unpaired) electrons. The van der Waals surface area contributed by atoms with Crippen LogP contribution in [0.15, 0.2) is 77.7 Å². The predicted octanol–water partition coefficient (Wildman–Crippen LogP) is 5.04. The van der Waals surface area contributed by atoms with Crippen molar-refractivity contribution in [3.05, 3.63) is 98.5 Å². The van der Waals surface area contributed by atoms with Crippen LogP contribution in [-0.2, 0) is 26.2 Å². The summed E-state index contributed by atoms with van der Waals surface area (Å²) in [5.74, 6) is -1.08. The Bertz CT molecular complexity index is 1470. The minimum Gasteiger partial charge on any atom is -0.355 e. The van der Waals surface area contributed by atoms with Gasteiger partial charge in [-0.2, -0.15) is 0 Å². The number of nitro groups is 1. The lowest BCUT2D eigenvalue weighted by Gasteiger charge is -2.33. The van der Waals surface area contributed by atoms with Crippen molar-refractivity contribution < 1.29 is 22.9 Å². The maximum atomic E-state index is 13.9. The number of carbonyl (C=O) groups excluding carboxylic acids is 2. The van der Waals surface area contributed by atoms with E-state index in [0.717, 1.165) is 16.4 Å². The second-order valence-electron chi connectivity index (χ2n) is 8.67. The van der Waals surface area contributed by atoms with Crippen molar-refractivity contribution in [3.63, 3.8) is 0 Å². The van der Waals surface area contributed by atoms with Crippen LogP contribution in [-0.4, -0.2) is 49.2 Å². The molecule has 0 aliphatic heterocycles. The fraction of sp³-hybridized carbons (Fsp3) is 0.259. The maximum Gasteiger partial charge on any atom is 0.269 e. The van der Waals surface area contributed by atoms with Gasteiger partial charge in [0.15, 0.2) is 0 Å². The number of anilines is 1. The molecule has 13 heteroatoms. The lowest BCUT2D eigenvalue weighted by Crippen LogP contribution is -2.52. The molecule has 3 aromatic carbocycles. The monoisotopic (exact) mass is 606 g/mol. The molecule has 0 spiro atoms. The number of nitrogens with one attached hydrogen (secondary N) is 1. The van der Waals surface area contributed by atoms with Crippen molar-refractivity contribution in [1.82, 2.24) is 10.2 Å². The molecule has 40 heavy (non-hydrogen) atoms. The molecule has 10 nitrogen and oxygen atoms in total. The molecule has 0 bridgehead atoms. The molecular formula is C27H28Cl2N4O6S. The summed E-state index contributed by atoms with van der Waals surface area (Å²) >= 11 is 12.4. The molecule has 1 N–H and O–H groups in total. The molecule has 0 saturated heterocycles. The van der Waals surface area contributed by atoms with Crippen LogP contribution in [0.3, 0.4) is 0 Å². The van der Waals surface area contributed by atoms with Crippen molar-refractivity contribution >= 4 is 56.4 Å². The molecule has 0 aliphatic rings. The Kier molecular flexibility index (Phi) is 10.5. The van der Waals surface area contributed by atoms with Crippen LogP contribution in [0.1, 0.15) is 25.8 Å². The third kappa shape index (κ3) is 7.29. The zero-order valence-corrected chi connectivity index (χ0v) is 24.1. The number of amides is 2. The van der Waals surface area contributed by atoms with E-state index in [1.807, 2.05) is 0 Å². The van der Waals surface area contributed by atoms with Crippen molar-refractivity contribution in [2.24, 2.45) is 0 Å².